The molecule has 3 rings (SSSR count). The molecule has 29 heavy (non-hydrogen) atoms. The van der Waals surface area contributed by atoms with E-state index in [0.717, 1.165) is 55.7 Å². The predicted octanol–water partition coefficient (Wildman–Crippen LogP) is 7.15. The second kappa shape index (κ2) is 12.0. The van der Waals surface area contributed by atoms with E-state index in [1.54, 1.807) is 5.54 Å². The molecule has 1 aliphatic rings. The van der Waals surface area contributed by atoms with Gasteiger partial charge in [0.05, 0.1) is 31.2 Å². The topological polar surface area (TPSA) is 31.4 Å². The molecule has 0 N–H and O–H groups in total. The second-order valence-corrected chi connectivity index (χ2v) is 8.05. The number of benzene rings is 1. The number of hydrogen-bond donors (Lipinski definition) is 0. The van der Waals surface area contributed by atoms with Gasteiger partial charge in [0.2, 0.25) is 0 Å². The highest BCUT2D eigenvalue weighted by molar-refractivity contribution is 6.25. The van der Waals surface area contributed by atoms with Gasteiger partial charge in [-0.1, -0.05) is 61.7 Å². The van der Waals surface area contributed by atoms with Gasteiger partial charge in [-0.15, -0.1) is 0 Å². The fourth-order valence-electron chi connectivity index (χ4n) is 3.71. The van der Waals surface area contributed by atoms with Gasteiger partial charge in [0.25, 0.3) is 0 Å². The summed E-state index contributed by atoms with van der Waals surface area (Å²) in [6.45, 7) is 3.62. The van der Waals surface area contributed by atoms with Crippen LogP contribution in [0.1, 0.15) is 57.4 Å². The van der Waals surface area contributed by atoms with E-state index >= 15 is 0 Å². The zero-order valence-corrected chi connectivity index (χ0v) is 18.1. The monoisotopic (exact) mass is 413 g/mol. The van der Waals surface area contributed by atoms with Crippen LogP contribution in [0.4, 0.5) is 0 Å². The lowest BCUT2D eigenvalue weighted by molar-refractivity contribution is 0.0111. The van der Waals surface area contributed by atoms with Gasteiger partial charge in [0.1, 0.15) is 5.75 Å². The summed E-state index contributed by atoms with van der Waals surface area (Å²) in [5, 5.41) is 0. The van der Waals surface area contributed by atoms with Gasteiger partial charge in [-0.25, -0.2) is 0 Å². The van der Waals surface area contributed by atoms with Gasteiger partial charge >= 0.3 is 0 Å². The van der Waals surface area contributed by atoms with E-state index in [2.05, 4.69) is 42.2 Å². The van der Waals surface area contributed by atoms with Crippen LogP contribution in [0.5, 0.6) is 5.75 Å². The van der Waals surface area contributed by atoms with Gasteiger partial charge in [-0.05, 0) is 55.7 Å². The summed E-state index contributed by atoms with van der Waals surface area (Å²) in [4.78, 5) is 4.55. The van der Waals surface area contributed by atoms with Crippen LogP contribution in [0.3, 0.4) is 0 Å². The van der Waals surface area contributed by atoms with Crippen molar-refractivity contribution < 1.29 is 9.47 Å². The molecule has 1 saturated carbocycles. The standard InChI is InChI=1S/C25H32ClNO2/c1-2-3-4-17-28-24-13-14-25(27-18-24)22-9-5-21(6-10-22)19-29-23-11-7-20(8-12-23)15-16-26/h5-6,9-10,13-16,18,20,23H,2-4,7-8,11-12,17,19H2,1H3/b16-15+/t20-,23-. The molecule has 1 fully saturated rings. The fourth-order valence-corrected chi connectivity index (χ4v) is 3.92. The van der Waals surface area contributed by atoms with Gasteiger partial charge < -0.3 is 9.47 Å². The number of ether oxygens (including phenoxy) is 2. The zero-order valence-electron chi connectivity index (χ0n) is 17.4. The van der Waals surface area contributed by atoms with Gasteiger partial charge in [-0.2, -0.15) is 0 Å². The Morgan fingerprint density at radius 2 is 1.83 bits per heavy atom. The number of halogens is 1. The number of nitrogens with zero attached hydrogens (tertiary/aromatic N) is 1. The first-order chi connectivity index (χ1) is 14.3. The van der Waals surface area contributed by atoms with Crippen LogP contribution in [0.25, 0.3) is 11.3 Å². The summed E-state index contributed by atoms with van der Waals surface area (Å²) in [6.07, 6.45) is 12.3. The maximum absolute atomic E-state index is 6.12. The Labute approximate surface area is 180 Å². The Bertz CT molecular complexity index is 734. The summed E-state index contributed by atoms with van der Waals surface area (Å²) in [7, 11) is 0. The molecule has 0 bridgehead atoms. The Hall–Kier alpha value is -1.84. The number of unbranched alkanes of at least 4 members (excludes halogenated alkanes) is 2. The average molecular weight is 414 g/mol. The molecular formula is C25H32ClNO2. The molecule has 0 radical (unpaired) electrons. The predicted molar refractivity (Wildman–Crippen MR) is 120 cm³/mol. The summed E-state index contributed by atoms with van der Waals surface area (Å²) < 4.78 is 11.9. The number of rotatable bonds is 10. The molecule has 2 aromatic rings. The van der Waals surface area contributed by atoms with Crippen LogP contribution in [0, 0.1) is 5.92 Å². The highest BCUT2D eigenvalue weighted by Crippen LogP contribution is 2.28. The zero-order chi connectivity index (χ0) is 20.3. The third kappa shape index (κ3) is 7.17. The normalized spacial score (nSPS) is 19.5. The van der Waals surface area contributed by atoms with Gasteiger partial charge in [-0.3, -0.25) is 4.98 Å². The van der Waals surface area contributed by atoms with E-state index < -0.39 is 0 Å². The fraction of sp³-hybridized carbons (Fsp3) is 0.480. The molecular weight excluding hydrogens is 382 g/mol. The van der Waals surface area contributed by atoms with Crippen molar-refractivity contribution in [1.82, 2.24) is 4.98 Å². The third-order valence-electron chi connectivity index (χ3n) is 5.55. The highest BCUT2D eigenvalue weighted by atomic mass is 35.5. The lowest BCUT2D eigenvalue weighted by atomic mass is 9.87. The second-order valence-electron chi connectivity index (χ2n) is 7.80. The third-order valence-corrected chi connectivity index (χ3v) is 5.70. The van der Waals surface area contributed by atoms with Crippen molar-refractivity contribution in [3.8, 4) is 17.0 Å². The van der Waals surface area contributed by atoms with E-state index in [0.29, 0.717) is 18.6 Å². The van der Waals surface area contributed by atoms with Crippen molar-refractivity contribution in [3.05, 3.63) is 59.8 Å². The van der Waals surface area contributed by atoms with Crippen LogP contribution >= 0.6 is 11.6 Å². The first-order valence-electron chi connectivity index (χ1n) is 10.8. The summed E-state index contributed by atoms with van der Waals surface area (Å²) >= 11 is 5.69. The summed E-state index contributed by atoms with van der Waals surface area (Å²) in [5.74, 6) is 1.46. The van der Waals surface area contributed by atoms with E-state index in [-0.39, 0.29) is 0 Å². The van der Waals surface area contributed by atoms with Crippen molar-refractivity contribution in [2.75, 3.05) is 6.61 Å². The molecule has 1 aliphatic carbocycles. The van der Waals surface area contributed by atoms with Crippen molar-refractivity contribution >= 4 is 11.6 Å². The maximum atomic E-state index is 6.12. The number of pyridine rings is 1. The molecule has 0 saturated heterocycles. The van der Waals surface area contributed by atoms with Crippen LogP contribution in [0.2, 0.25) is 0 Å². The van der Waals surface area contributed by atoms with Crippen LogP contribution in [-0.4, -0.2) is 17.7 Å². The van der Waals surface area contributed by atoms with Crippen LogP contribution < -0.4 is 4.74 Å². The quantitative estimate of drug-likeness (QED) is 0.387. The number of aromatic nitrogens is 1. The molecule has 1 heterocycles. The Morgan fingerprint density at radius 1 is 1.03 bits per heavy atom. The van der Waals surface area contributed by atoms with Crippen LogP contribution in [-0.2, 0) is 11.3 Å². The molecule has 0 aliphatic heterocycles. The average Bonchev–Trinajstić information content (AvgIpc) is 2.77. The Balaban J connectivity index is 1.45. The van der Waals surface area contributed by atoms with Crippen molar-refractivity contribution in [3.63, 3.8) is 0 Å². The van der Waals surface area contributed by atoms with Crippen LogP contribution in [0.15, 0.2) is 54.2 Å². The van der Waals surface area contributed by atoms with E-state index in [4.69, 9.17) is 21.1 Å². The summed E-state index contributed by atoms with van der Waals surface area (Å²) in [6, 6.07) is 12.5. The number of allylic oxidation sites excluding steroid dienone is 1. The molecule has 0 spiro atoms. The molecule has 1 aromatic heterocycles. The molecule has 0 unspecified atom stereocenters. The number of hydrogen-bond acceptors (Lipinski definition) is 3. The molecule has 1 aromatic carbocycles. The Morgan fingerprint density at radius 3 is 2.48 bits per heavy atom. The van der Waals surface area contributed by atoms with Gasteiger partial charge in [0, 0.05) is 11.1 Å². The van der Waals surface area contributed by atoms with Crippen molar-refractivity contribution in [2.45, 2.75) is 64.6 Å². The lowest BCUT2D eigenvalue weighted by Crippen LogP contribution is -2.20. The maximum Gasteiger partial charge on any atom is 0.137 e. The molecule has 3 nitrogen and oxygen atoms in total. The first kappa shape index (κ1) is 21.9. The smallest absolute Gasteiger partial charge is 0.137 e. The van der Waals surface area contributed by atoms with Crippen molar-refractivity contribution in [2.24, 2.45) is 5.92 Å². The van der Waals surface area contributed by atoms with Crippen molar-refractivity contribution in [1.29, 1.82) is 0 Å². The molecule has 0 amide bonds. The molecule has 156 valence electrons. The molecule has 0 atom stereocenters. The van der Waals surface area contributed by atoms with E-state index in [9.17, 15) is 0 Å². The van der Waals surface area contributed by atoms with E-state index in [1.165, 1.54) is 18.4 Å². The lowest BCUT2D eigenvalue weighted by Gasteiger charge is -2.26. The minimum Gasteiger partial charge on any atom is -0.492 e. The largest absolute Gasteiger partial charge is 0.492 e. The summed E-state index contributed by atoms with van der Waals surface area (Å²) in [5.41, 5.74) is 4.92. The SMILES string of the molecule is CCCCCOc1ccc(-c2ccc(CO[C@H]3CC[C@H](/C=C/Cl)CC3)cc2)nc1. The minimum atomic E-state index is 0.362. The minimum absolute atomic E-state index is 0.362. The first-order valence-corrected chi connectivity index (χ1v) is 11.3. The molecule has 4 heteroatoms. The Kier molecular flexibility index (Phi) is 9.04. The van der Waals surface area contributed by atoms with E-state index in [1.807, 2.05) is 18.3 Å². The highest BCUT2D eigenvalue weighted by Gasteiger charge is 2.19. The van der Waals surface area contributed by atoms with Gasteiger partial charge in [0.15, 0.2) is 0 Å².